The van der Waals surface area contributed by atoms with E-state index in [1.54, 1.807) is 24.3 Å². The van der Waals surface area contributed by atoms with E-state index >= 15 is 0 Å². The quantitative estimate of drug-likeness (QED) is 0.825. The zero-order chi connectivity index (χ0) is 15.4. The summed E-state index contributed by atoms with van der Waals surface area (Å²) in [5, 5.41) is 2.57. The van der Waals surface area contributed by atoms with E-state index in [1.807, 2.05) is 0 Å². The van der Waals surface area contributed by atoms with Crippen molar-refractivity contribution in [3.05, 3.63) is 46.1 Å². The summed E-state index contributed by atoms with van der Waals surface area (Å²) in [5.74, 6) is 0.219. The molecule has 2 aromatic rings. The van der Waals surface area contributed by atoms with Crippen molar-refractivity contribution in [1.82, 2.24) is 9.55 Å². The van der Waals surface area contributed by atoms with Gasteiger partial charge in [0.25, 0.3) is 5.56 Å². The van der Waals surface area contributed by atoms with E-state index in [1.165, 1.54) is 13.4 Å². The summed E-state index contributed by atoms with van der Waals surface area (Å²) in [6, 6.07) is 6.86. The number of nitrogens with one attached hydrogen (secondary N) is 1. The number of methoxy groups -OCH3 is 1. The smallest absolute Gasteiger partial charge is 0.278 e. The lowest BCUT2D eigenvalue weighted by Gasteiger charge is -2.09. The number of ether oxygens (including phenoxy) is 1. The number of aromatic nitrogens is 2. The van der Waals surface area contributed by atoms with Crippen LogP contribution in [0.2, 0.25) is 5.15 Å². The second-order valence-corrected chi connectivity index (χ2v) is 4.52. The van der Waals surface area contributed by atoms with Crippen molar-refractivity contribution in [3.63, 3.8) is 0 Å². The summed E-state index contributed by atoms with van der Waals surface area (Å²) < 4.78 is 6.14. The lowest BCUT2D eigenvalue weighted by molar-refractivity contribution is -0.116. The van der Waals surface area contributed by atoms with Crippen LogP contribution in [0.5, 0.6) is 5.75 Å². The molecule has 0 aliphatic heterocycles. The first-order chi connectivity index (χ1) is 10.0. The van der Waals surface area contributed by atoms with Gasteiger partial charge < -0.3 is 15.8 Å². The number of hydrogen-bond acceptors (Lipinski definition) is 5. The molecule has 0 atom stereocenters. The maximum absolute atomic E-state index is 11.9. The average Bonchev–Trinajstić information content (AvgIpc) is 2.48. The predicted octanol–water partition coefficient (Wildman–Crippen LogP) is 1.13. The normalized spacial score (nSPS) is 10.2. The number of rotatable bonds is 4. The molecule has 110 valence electrons. The zero-order valence-corrected chi connectivity index (χ0v) is 11.9. The maximum atomic E-state index is 11.9. The van der Waals surface area contributed by atoms with Gasteiger partial charge in [-0.25, -0.2) is 4.98 Å². The minimum atomic E-state index is -0.559. The molecule has 2 rings (SSSR count). The van der Waals surface area contributed by atoms with Crippen LogP contribution >= 0.6 is 11.6 Å². The van der Waals surface area contributed by atoms with Crippen LogP contribution < -0.4 is 21.3 Å². The van der Waals surface area contributed by atoms with Crippen molar-refractivity contribution in [2.24, 2.45) is 0 Å². The van der Waals surface area contributed by atoms with Gasteiger partial charge in [0.2, 0.25) is 5.91 Å². The van der Waals surface area contributed by atoms with Gasteiger partial charge in [-0.05, 0) is 12.1 Å². The number of benzene rings is 1. The number of anilines is 2. The van der Waals surface area contributed by atoms with Crippen LogP contribution in [-0.2, 0) is 11.3 Å². The summed E-state index contributed by atoms with van der Waals surface area (Å²) in [4.78, 5) is 27.4. The molecule has 1 aromatic heterocycles. The van der Waals surface area contributed by atoms with E-state index in [9.17, 15) is 9.59 Å². The van der Waals surface area contributed by atoms with Gasteiger partial charge in [0.05, 0.1) is 13.4 Å². The zero-order valence-electron chi connectivity index (χ0n) is 11.2. The lowest BCUT2D eigenvalue weighted by Crippen LogP contribution is -2.29. The molecule has 0 bridgehead atoms. The van der Waals surface area contributed by atoms with Crippen molar-refractivity contribution in [2.75, 3.05) is 18.2 Å². The van der Waals surface area contributed by atoms with Gasteiger partial charge in [0.1, 0.15) is 18.0 Å². The Morgan fingerprint density at radius 2 is 2.29 bits per heavy atom. The third kappa shape index (κ3) is 3.51. The number of nitrogen functional groups attached to an aromatic ring is 1. The van der Waals surface area contributed by atoms with E-state index in [-0.39, 0.29) is 17.4 Å². The molecule has 0 saturated carbocycles. The Kier molecular flexibility index (Phi) is 4.44. The van der Waals surface area contributed by atoms with Gasteiger partial charge in [-0.2, -0.15) is 0 Å². The van der Waals surface area contributed by atoms with Crippen LogP contribution in [0, 0.1) is 0 Å². The molecular weight excluding hydrogens is 296 g/mol. The first kappa shape index (κ1) is 14.9. The van der Waals surface area contributed by atoms with Crippen molar-refractivity contribution in [1.29, 1.82) is 0 Å². The molecule has 1 heterocycles. The molecule has 0 unspecified atom stereocenters. The van der Waals surface area contributed by atoms with E-state index < -0.39 is 11.5 Å². The summed E-state index contributed by atoms with van der Waals surface area (Å²) >= 11 is 5.62. The Morgan fingerprint density at radius 1 is 1.52 bits per heavy atom. The van der Waals surface area contributed by atoms with Crippen LogP contribution in [0.4, 0.5) is 11.4 Å². The molecule has 3 N–H and O–H groups in total. The van der Waals surface area contributed by atoms with Gasteiger partial charge in [-0.3, -0.25) is 14.2 Å². The molecule has 7 nitrogen and oxygen atoms in total. The van der Waals surface area contributed by atoms with Crippen LogP contribution in [-0.4, -0.2) is 22.6 Å². The van der Waals surface area contributed by atoms with Gasteiger partial charge >= 0.3 is 0 Å². The molecule has 1 amide bonds. The molecule has 21 heavy (non-hydrogen) atoms. The Labute approximate surface area is 125 Å². The van der Waals surface area contributed by atoms with Crippen molar-refractivity contribution in [2.45, 2.75) is 6.54 Å². The van der Waals surface area contributed by atoms with Gasteiger partial charge in [-0.15, -0.1) is 0 Å². The lowest BCUT2D eigenvalue weighted by atomic mass is 10.3. The van der Waals surface area contributed by atoms with Crippen LogP contribution in [0.25, 0.3) is 0 Å². The number of halogens is 1. The minimum Gasteiger partial charge on any atom is -0.497 e. The highest BCUT2D eigenvalue weighted by Crippen LogP contribution is 2.16. The molecule has 0 saturated heterocycles. The minimum absolute atomic E-state index is 0.0792. The van der Waals surface area contributed by atoms with E-state index in [0.717, 1.165) is 4.57 Å². The topological polar surface area (TPSA) is 99.2 Å². The fraction of sp³-hybridized carbons (Fsp3) is 0.154. The highest BCUT2D eigenvalue weighted by Gasteiger charge is 2.10. The highest BCUT2D eigenvalue weighted by molar-refractivity contribution is 6.31. The monoisotopic (exact) mass is 308 g/mol. The van der Waals surface area contributed by atoms with Crippen LogP contribution in [0.1, 0.15) is 0 Å². The second-order valence-electron chi connectivity index (χ2n) is 4.16. The van der Waals surface area contributed by atoms with E-state index in [0.29, 0.717) is 11.4 Å². The first-order valence-corrected chi connectivity index (χ1v) is 6.33. The third-order valence-electron chi connectivity index (χ3n) is 2.69. The van der Waals surface area contributed by atoms with Crippen LogP contribution in [0.15, 0.2) is 35.4 Å². The molecule has 8 heteroatoms. The first-order valence-electron chi connectivity index (χ1n) is 5.95. The Bertz CT molecular complexity index is 730. The molecule has 0 aliphatic carbocycles. The maximum Gasteiger partial charge on any atom is 0.278 e. The number of amides is 1. The number of hydrogen-bond donors (Lipinski definition) is 2. The standard InChI is InChI=1S/C13H13ClN4O3/c1-21-9-4-2-3-8(5-9)17-10(19)6-18-7-16-12(14)11(15)13(18)20/h2-5,7H,6,15H2,1H3,(H,17,19). The van der Waals surface area contributed by atoms with Crippen molar-refractivity contribution >= 4 is 28.9 Å². The summed E-state index contributed by atoms with van der Waals surface area (Å²) in [7, 11) is 1.53. The number of nitrogens with zero attached hydrogens (tertiary/aromatic N) is 2. The molecule has 0 radical (unpaired) electrons. The summed E-state index contributed by atoms with van der Waals surface area (Å²) in [5.41, 5.74) is 5.28. The Morgan fingerprint density at radius 3 is 3.00 bits per heavy atom. The average molecular weight is 309 g/mol. The van der Waals surface area contributed by atoms with Gasteiger partial charge in [-0.1, -0.05) is 17.7 Å². The molecule has 0 spiro atoms. The number of carbonyl (C=O) groups is 1. The largest absolute Gasteiger partial charge is 0.497 e. The third-order valence-corrected chi connectivity index (χ3v) is 2.99. The van der Waals surface area contributed by atoms with Crippen LogP contribution in [0.3, 0.4) is 0 Å². The second kappa shape index (κ2) is 6.27. The summed E-state index contributed by atoms with van der Waals surface area (Å²) in [6.07, 6.45) is 1.17. The number of nitrogens with two attached hydrogens (primary N) is 1. The molecule has 0 fully saturated rings. The Hall–Kier alpha value is -2.54. The predicted molar refractivity (Wildman–Crippen MR) is 79.5 cm³/mol. The highest BCUT2D eigenvalue weighted by atomic mass is 35.5. The van der Waals surface area contributed by atoms with Gasteiger partial charge in [0.15, 0.2) is 5.15 Å². The molecule has 0 aliphatic rings. The van der Waals surface area contributed by atoms with Crippen molar-refractivity contribution in [3.8, 4) is 5.75 Å². The summed E-state index contributed by atoms with van der Waals surface area (Å²) in [6.45, 7) is -0.218. The number of carbonyl (C=O) groups excluding carboxylic acids is 1. The van der Waals surface area contributed by atoms with Crippen molar-refractivity contribution < 1.29 is 9.53 Å². The van der Waals surface area contributed by atoms with E-state index in [2.05, 4.69) is 10.3 Å². The SMILES string of the molecule is COc1cccc(NC(=O)Cn2cnc(Cl)c(N)c2=O)c1. The fourth-order valence-corrected chi connectivity index (χ4v) is 1.78. The molecule has 1 aromatic carbocycles. The van der Waals surface area contributed by atoms with Gasteiger partial charge in [0, 0.05) is 11.8 Å². The fourth-order valence-electron chi connectivity index (χ4n) is 1.65. The Balaban J connectivity index is 2.12. The van der Waals surface area contributed by atoms with E-state index in [4.69, 9.17) is 22.1 Å². The molecular formula is C13H13ClN4O3.